The molecular formula is C12H15N3O3. The molecule has 6 heteroatoms. The predicted molar refractivity (Wildman–Crippen MR) is 64.2 cm³/mol. The number of methoxy groups -OCH3 is 1. The van der Waals surface area contributed by atoms with Gasteiger partial charge in [0.1, 0.15) is 11.5 Å². The number of aromatic nitrogens is 2. The van der Waals surface area contributed by atoms with E-state index in [-0.39, 0.29) is 12.6 Å². The Morgan fingerprint density at radius 2 is 1.89 bits per heavy atom. The lowest BCUT2D eigenvalue weighted by Gasteiger charge is -2.04. The monoisotopic (exact) mass is 249 g/mol. The van der Waals surface area contributed by atoms with E-state index in [1.54, 1.807) is 14.0 Å². The molecule has 2 aromatic rings. The minimum atomic E-state index is -0.271. The van der Waals surface area contributed by atoms with E-state index in [9.17, 15) is 0 Å². The summed E-state index contributed by atoms with van der Waals surface area (Å²) in [4.78, 5) is 0. The summed E-state index contributed by atoms with van der Waals surface area (Å²) < 4.78 is 15.9. The lowest BCUT2D eigenvalue weighted by Crippen LogP contribution is -2.04. The highest BCUT2D eigenvalue weighted by molar-refractivity contribution is 5.31. The molecule has 0 aliphatic rings. The molecule has 96 valence electrons. The molecule has 6 nitrogen and oxygen atoms in total. The molecule has 1 aromatic carbocycles. The predicted octanol–water partition coefficient (Wildman–Crippen LogP) is 1.68. The summed E-state index contributed by atoms with van der Waals surface area (Å²) in [5.74, 6) is 2.29. The molecule has 18 heavy (non-hydrogen) atoms. The molecule has 0 radical (unpaired) electrons. The topological polar surface area (TPSA) is 83.4 Å². The largest absolute Gasteiger partial charge is 0.497 e. The van der Waals surface area contributed by atoms with Crippen molar-refractivity contribution in [2.75, 3.05) is 7.11 Å². The van der Waals surface area contributed by atoms with Crippen molar-refractivity contribution < 1.29 is 13.9 Å². The molecule has 1 unspecified atom stereocenters. The minimum absolute atomic E-state index is 0.214. The van der Waals surface area contributed by atoms with E-state index in [0.717, 1.165) is 5.75 Å². The van der Waals surface area contributed by atoms with Crippen molar-refractivity contribution in [2.45, 2.75) is 19.6 Å². The average molecular weight is 249 g/mol. The Bertz CT molecular complexity index is 494. The van der Waals surface area contributed by atoms with E-state index in [0.29, 0.717) is 17.5 Å². The molecule has 0 spiro atoms. The van der Waals surface area contributed by atoms with Gasteiger partial charge in [0, 0.05) is 0 Å². The SMILES string of the molecule is COc1ccc(OCc2nnc(C(C)N)o2)cc1. The fourth-order valence-corrected chi connectivity index (χ4v) is 1.33. The lowest BCUT2D eigenvalue weighted by molar-refractivity contribution is 0.256. The summed E-state index contributed by atoms with van der Waals surface area (Å²) in [6, 6.07) is 6.98. The second-order valence-corrected chi connectivity index (χ2v) is 3.79. The number of rotatable bonds is 5. The molecular weight excluding hydrogens is 234 g/mol. The standard InChI is InChI=1S/C12H15N3O3/c1-8(13)12-15-14-11(18-12)7-17-10-5-3-9(16-2)4-6-10/h3-6,8H,7,13H2,1-2H3. The minimum Gasteiger partial charge on any atom is -0.497 e. The third-order valence-corrected chi connectivity index (χ3v) is 2.29. The van der Waals surface area contributed by atoms with Gasteiger partial charge in [0.2, 0.25) is 5.89 Å². The summed E-state index contributed by atoms with van der Waals surface area (Å²) in [6.07, 6.45) is 0. The number of hydrogen-bond acceptors (Lipinski definition) is 6. The Morgan fingerprint density at radius 1 is 1.22 bits per heavy atom. The molecule has 0 amide bonds. The zero-order chi connectivity index (χ0) is 13.0. The van der Waals surface area contributed by atoms with Crippen LogP contribution in [0.1, 0.15) is 24.7 Å². The van der Waals surface area contributed by atoms with Crippen LogP contribution in [0.25, 0.3) is 0 Å². The fourth-order valence-electron chi connectivity index (χ4n) is 1.33. The Balaban J connectivity index is 1.93. The highest BCUT2D eigenvalue weighted by Gasteiger charge is 2.10. The van der Waals surface area contributed by atoms with E-state index in [1.165, 1.54) is 0 Å². The van der Waals surface area contributed by atoms with Gasteiger partial charge in [-0.3, -0.25) is 0 Å². The van der Waals surface area contributed by atoms with Gasteiger partial charge in [-0.1, -0.05) is 0 Å². The van der Waals surface area contributed by atoms with Crippen molar-refractivity contribution in [1.29, 1.82) is 0 Å². The summed E-state index contributed by atoms with van der Waals surface area (Å²) in [6.45, 7) is 1.99. The Morgan fingerprint density at radius 3 is 2.44 bits per heavy atom. The summed E-state index contributed by atoms with van der Waals surface area (Å²) in [7, 11) is 1.61. The molecule has 0 bridgehead atoms. The lowest BCUT2D eigenvalue weighted by atomic mass is 10.3. The average Bonchev–Trinajstić information content (AvgIpc) is 2.86. The molecule has 0 fully saturated rings. The maximum Gasteiger partial charge on any atom is 0.253 e. The highest BCUT2D eigenvalue weighted by Crippen LogP contribution is 2.18. The molecule has 1 heterocycles. The van der Waals surface area contributed by atoms with Crippen LogP contribution in [-0.4, -0.2) is 17.3 Å². The van der Waals surface area contributed by atoms with Gasteiger partial charge < -0.3 is 19.6 Å². The first-order valence-corrected chi connectivity index (χ1v) is 5.53. The zero-order valence-corrected chi connectivity index (χ0v) is 10.3. The van der Waals surface area contributed by atoms with Crippen LogP contribution < -0.4 is 15.2 Å². The summed E-state index contributed by atoms with van der Waals surface area (Å²) in [5.41, 5.74) is 5.62. The molecule has 0 saturated carbocycles. The van der Waals surface area contributed by atoms with Gasteiger partial charge in [-0.2, -0.15) is 0 Å². The number of benzene rings is 1. The normalized spacial score (nSPS) is 12.2. The second-order valence-electron chi connectivity index (χ2n) is 3.79. The molecule has 1 aromatic heterocycles. The van der Waals surface area contributed by atoms with Crippen molar-refractivity contribution in [3.63, 3.8) is 0 Å². The number of hydrogen-bond donors (Lipinski definition) is 1. The van der Waals surface area contributed by atoms with Crippen LogP contribution in [0, 0.1) is 0 Å². The van der Waals surface area contributed by atoms with Crippen molar-refractivity contribution >= 4 is 0 Å². The Kier molecular flexibility index (Phi) is 3.78. The van der Waals surface area contributed by atoms with E-state index in [1.807, 2.05) is 24.3 Å². The van der Waals surface area contributed by atoms with Crippen LogP contribution in [0.5, 0.6) is 11.5 Å². The second kappa shape index (κ2) is 5.50. The van der Waals surface area contributed by atoms with E-state index >= 15 is 0 Å². The zero-order valence-electron chi connectivity index (χ0n) is 10.3. The van der Waals surface area contributed by atoms with Crippen LogP contribution >= 0.6 is 0 Å². The molecule has 2 rings (SSSR count). The van der Waals surface area contributed by atoms with E-state index in [2.05, 4.69) is 10.2 Å². The van der Waals surface area contributed by atoms with E-state index < -0.39 is 0 Å². The molecule has 2 N–H and O–H groups in total. The smallest absolute Gasteiger partial charge is 0.253 e. The van der Waals surface area contributed by atoms with Gasteiger partial charge >= 0.3 is 0 Å². The van der Waals surface area contributed by atoms with Gasteiger partial charge in [-0.05, 0) is 31.2 Å². The van der Waals surface area contributed by atoms with Crippen LogP contribution in [0.4, 0.5) is 0 Å². The van der Waals surface area contributed by atoms with Gasteiger partial charge in [0.25, 0.3) is 5.89 Å². The van der Waals surface area contributed by atoms with Crippen LogP contribution in [0.2, 0.25) is 0 Å². The van der Waals surface area contributed by atoms with Crippen molar-refractivity contribution in [3.05, 3.63) is 36.0 Å². The molecule has 0 aliphatic heterocycles. The van der Waals surface area contributed by atoms with Crippen molar-refractivity contribution in [3.8, 4) is 11.5 Å². The Labute approximate surface area is 105 Å². The summed E-state index contributed by atoms with van der Waals surface area (Å²) >= 11 is 0. The van der Waals surface area contributed by atoms with Crippen molar-refractivity contribution in [1.82, 2.24) is 10.2 Å². The Hall–Kier alpha value is -2.08. The fraction of sp³-hybridized carbons (Fsp3) is 0.333. The maximum absolute atomic E-state index is 5.62. The van der Waals surface area contributed by atoms with E-state index in [4.69, 9.17) is 19.6 Å². The number of nitrogens with two attached hydrogens (primary N) is 1. The van der Waals surface area contributed by atoms with Crippen LogP contribution in [0.3, 0.4) is 0 Å². The number of ether oxygens (including phenoxy) is 2. The summed E-state index contributed by atoms with van der Waals surface area (Å²) in [5, 5.41) is 7.65. The first-order valence-electron chi connectivity index (χ1n) is 5.53. The van der Waals surface area contributed by atoms with Crippen LogP contribution in [0.15, 0.2) is 28.7 Å². The molecule has 0 aliphatic carbocycles. The van der Waals surface area contributed by atoms with Gasteiger partial charge in [-0.15, -0.1) is 10.2 Å². The number of nitrogens with zero attached hydrogens (tertiary/aromatic N) is 2. The van der Waals surface area contributed by atoms with Gasteiger partial charge in [-0.25, -0.2) is 0 Å². The van der Waals surface area contributed by atoms with Crippen LogP contribution in [-0.2, 0) is 6.61 Å². The highest BCUT2D eigenvalue weighted by atomic mass is 16.5. The first kappa shape index (κ1) is 12.4. The van der Waals surface area contributed by atoms with Crippen molar-refractivity contribution in [2.24, 2.45) is 5.73 Å². The van der Waals surface area contributed by atoms with Gasteiger partial charge in [0.05, 0.1) is 13.2 Å². The third-order valence-electron chi connectivity index (χ3n) is 2.29. The maximum atomic E-state index is 5.62. The first-order chi connectivity index (χ1) is 8.69. The quantitative estimate of drug-likeness (QED) is 0.867. The molecule has 0 saturated heterocycles. The molecule has 1 atom stereocenters. The van der Waals surface area contributed by atoms with Gasteiger partial charge in [0.15, 0.2) is 6.61 Å². The third kappa shape index (κ3) is 2.98.